The summed E-state index contributed by atoms with van der Waals surface area (Å²) < 4.78 is 13.2. The molecule has 0 bridgehead atoms. The molecule has 0 spiro atoms. The number of aryl methyl sites for hydroxylation is 1. The van der Waals surface area contributed by atoms with Gasteiger partial charge in [0, 0.05) is 0 Å². The molecule has 1 unspecified atom stereocenters. The molecule has 7 nitrogen and oxygen atoms in total. The minimum Gasteiger partial charge on any atom is -0.368 e. The largest absolute Gasteiger partial charge is 0.368 e. The van der Waals surface area contributed by atoms with Crippen molar-refractivity contribution in [2.45, 2.75) is 19.9 Å². The van der Waals surface area contributed by atoms with Crippen LogP contribution >= 0.6 is 0 Å². The molecule has 1 aromatic carbocycles. The maximum absolute atomic E-state index is 13.2. The summed E-state index contributed by atoms with van der Waals surface area (Å²) >= 11 is 0. The third-order valence-corrected chi connectivity index (χ3v) is 2.96. The van der Waals surface area contributed by atoms with E-state index in [-0.39, 0.29) is 35.0 Å². The molecule has 0 radical (unpaired) electrons. The molecule has 8 heteroatoms. The highest BCUT2D eigenvalue weighted by Crippen LogP contribution is 2.29. The average molecular weight is 291 g/mol. The first kappa shape index (κ1) is 14.6. The third kappa shape index (κ3) is 3.22. The quantitative estimate of drug-likeness (QED) is 0.662. The molecule has 0 aliphatic carbocycles. The molecular weight excluding hydrogens is 277 g/mol. The minimum atomic E-state index is -0.574. The van der Waals surface area contributed by atoms with Crippen LogP contribution in [-0.4, -0.2) is 14.9 Å². The lowest BCUT2D eigenvalue weighted by molar-refractivity contribution is -0.385. The number of halogens is 1. The van der Waals surface area contributed by atoms with Gasteiger partial charge in [0.1, 0.15) is 11.5 Å². The Labute approximate surface area is 120 Å². The second-order valence-electron chi connectivity index (χ2n) is 4.54. The summed E-state index contributed by atoms with van der Waals surface area (Å²) in [5.41, 5.74) is 6.09. The van der Waals surface area contributed by atoms with E-state index in [2.05, 4.69) is 15.3 Å². The molecule has 2 rings (SSSR count). The van der Waals surface area contributed by atoms with Gasteiger partial charge in [0.25, 0.3) is 0 Å². The maximum atomic E-state index is 13.2. The average Bonchev–Trinajstić information content (AvgIpc) is 2.37. The minimum absolute atomic E-state index is 0.0155. The molecule has 1 atom stereocenters. The standard InChI is InChI=1S/C13H14FN5O2/c1-7(9-4-3-5-10(14)6-9)16-12-11(19(20)21)8(2)17-13(15)18-12/h3-7H,1-2H3,(H3,15,16,17,18). The first-order valence-electron chi connectivity index (χ1n) is 6.19. The van der Waals surface area contributed by atoms with Crippen LogP contribution < -0.4 is 11.1 Å². The van der Waals surface area contributed by atoms with Crippen molar-refractivity contribution in [3.8, 4) is 0 Å². The first-order valence-corrected chi connectivity index (χ1v) is 6.19. The number of nitrogens with two attached hydrogens (primary N) is 1. The molecule has 21 heavy (non-hydrogen) atoms. The fraction of sp³-hybridized carbons (Fsp3) is 0.231. The van der Waals surface area contributed by atoms with Crippen molar-refractivity contribution in [3.05, 3.63) is 51.5 Å². The van der Waals surface area contributed by atoms with E-state index in [1.165, 1.54) is 19.1 Å². The van der Waals surface area contributed by atoms with Crippen molar-refractivity contribution in [1.29, 1.82) is 0 Å². The summed E-state index contributed by atoms with van der Waals surface area (Å²) in [5.74, 6) is -0.428. The molecule has 2 aromatic rings. The van der Waals surface area contributed by atoms with Crippen LogP contribution in [0.3, 0.4) is 0 Å². The maximum Gasteiger partial charge on any atom is 0.332 e. The second-order valence-corrected chi connectivity index (χ2v) is 4.54. The van der Waals surface area contributed by atoms with Gasteiger partial charge in [0.05, 0.1) is 11.0 Å². The Morgan fingerprint density at radius 3 is 2.76 bits per heavy atom. The number of hydrogen-bond donors (Lipinski definition) is 2. The smallest absolute Gasteiger partial charge is 0.332 e. The van der Waals surface area contributed by atoms with Gasteiger partial charge in [-0.05, 0) is 31.5 Å². The summed E-state index contributed by atoms with van der Waals surface area (Å²) in [6.07, 6.45) is 0. The van der Waals surface area contributed by atoms with Crippen molar-refractivity contribution in [2.24, 2.45) is 0 Å². The Kier molecular flexibility index (Phi) is 3.97. The number of nitrogen functional groups attached to an aromatic ring is 1. The lowest BCUT2D eigenvalue weighted by Gasteiger charge is -2.15. The van der Waals surface area contributed by atoms with Crippen LogP contribution in [0.5, 0.6) is 0 Å². The summed E-state index contributed by atoms with van der Waals surface area (Å²) in [7, 11) is 0. The molecule has 1 heterocycles. The predicted octanol–water partition coefficient (Wildman–Crippen LogP) is 2.59. The van der Waals surface area contributed by atoms with Gasteiger partial charge in [-0.1, -0.05) is 12.1 Å². The van der Waals surface area contributed by atoms with Crippen molar-refractivity contribution in [1.82, 2.24) is 9.97 Å². The monoisotopic (exact) mass is 291 g/mol. The van der Waals surface area contributed by atoms with Crippen molar-refractivity contribution in [3.63, 3.8) is 0 Å². The van der Waals surface area contributed by atoms with Crippen molar-refractivity contribution in [2.75, 3.05) is 11.1 Å². The van der Waals surface area contributed by atoms with Gasteiger partial charge >= 0.3 is 5.69 Å². The lowest BCUT2D eigenvalue weighted by Crippen LogP contribution is -2.13. The molecule has 0 saturated heterocycles. The molecule has 0 saturated carbocycles. The van der Waals surface area contributed by atoms with Crippen molar-refractivity contribution >= 4 is 17.5 Å². The van der Waals surface area contributed by atoms with E-state index in [9.17, 15) is 14.5 Å². The van der Waals surface area contributed by atoms with Crippen LogP contribution in [0.25, 0.3) is 0 Å². The number of nitrogens with zero attached hydrogens (tertiary/aromatic N) is 3. The normalized spacial score (nSPS) is 12.0. The second kappa shape index (κ2) is 5.70. The van der Waals surface area contributed by atoms with Gasteiger partial charge in [0.2, 0.25) is 11.8 Å². The number of nitro groups is 1. The predicted molar refractivity (Wildman–Crippen MR) is 76.3 cm³/mol. The third-order valence-electron chi connectivity index (χ3n) is 2.96. The molecule has 3 N–H and O–H groups in total. The SMILES string of the molecule is Cc1nc(N)nc(NC(C)c2cccc(F)c2)c1[N+](=O)[O-]. The van der Waals surface area contributed by atoms with Crippen LogP contribution in [0.1, 0.15) is 24.2 Å². The Hall–Kier alpha value is -2.77. The molecular formula is C13H14FN5O2. The highest BCUT2D eigenvalue weighted by Gasteiger charge is 2.23. The Bertz CT molecular complexity index is 692. The highest BCUT2D eigenvalue weighted by atomic mass is 19.1. The van der Waals surface area contributed by atoms with Gasteiger partial charge < -0.3 is 11.1 Å². The summed E-state index contributed by atoms with van der Waals surface area (Å²) in [5, 5.41) is 14.0. The van der Waals surface area contributed by atoms with E-state index < -0.39 is 4.92 Å². The van der Waals surface area contributed by atoms with E-state index >= 15 is 0 Å². The van der Waals surface area contributed by atoms with Crippen LogP contribution in [0.15, 0.2) is 24.3 Å². The zero-order chi connectivity index (χ0) is 15.6. The zero-order valence-corrected chi connectivity index (χ0v) is 11.5. The zero-order valence-electron chi connectivity index (χ0n) is 11.5. The fourth-order valence-electron chi connectivity index (χ4n) is 1.97. The molecule has 0 fully saturated rings. The Balaban J connectivity index is 2.37. The van der Waals surface area contributed by atoms with Gasteiger partial charge in [-0.15, -0.1) is 0 Å². The number of aromatic nitrogens is 2. The molecule has 0 aliphatic heterocycles. The van der Waals surface area contributed by atoms with Crippen LogP contribution in [0, 0.1) is 22.9 Å². The van der Waals surface area contributed by atoms with Crippen LogP contribution in [-0.2, 0) is 0 Å². The topological polar surface area (TPSA) is 107 Å². The van der Waals surface area contributed by atoms with E-state index in [0.717, 1.165) is 0 Å². The van der Waals surface area contributed by atoms with E-state index in [4.69, 9.17) is 5.73 Å². The van der Waals surface area contributed by atoms with E-state index in [1.807, 2.05) is 0 Å². The molecule has 1 aromatic heterocycles. The van der Waals surface area contributed by atoms with Crippen LogP contribution in [0.2, 0.25) is 0 Å². The Morgan fingerprint density at radius 1 is 1.43 bits per heavy atom. The van der Waals surface area contributed by atoms with E-state index in [1.54, 1.807) is 19.1 Å². The van der Waals surface area contributed by atoms with E-state index in [0.29, 0.717) is 5.56 Å². The van der Waals surface area contributed by atoms with Gasteiger partial charge in [-0.25, -0.2) is 9.37 Å². The molecule has 0 aliphatic rings. The number of nitrogens with one attached hydrogen (secondary N) is 1. The number of rotatable bonds is 4. The molecule has 110 valence electrons. The molecule has 0 amide bonds. The summed E-state index contributed by atoms with van der Waals surface area (Å²) in [4.78, 5) is 18.2. The summed E-state index contributed by atoms with van der Waals surface area (Å²) in [6.45, 7) is 3.22. The summed E-state index contributed by atoms with van der Waals surface area (Å²) in [6, 6.07) is 5.57. The van der Waals surface area contributed by atoms with Crippen LogP contribution in [0.4, 0.5) is 21.8 Å². The highest BCUT2D eigenvalue weighted by molar-refractivity contribution is 5.61. The van der Waals surface area contributed by atoms with Gasteiger partial charge in [-0.3, -0.25) is 10.1 Å². The number of anilines is 2. The van der Waals surface area contributed by atoms with Crippen molar-refractivity contribution < 1.29 is 9.31 Å². The van der Waals surface area contributed by atoms with Gasteiger partial charge in [-0.2, -0.15) is 4.98 Å². The van der Waals surface area contributed by atoms with Gasteiger partial charge in [0.15, 0.2) is 0 Å². The lowest BCUT2D eigenvalue weighted by atomic mass is 10.1. The number of benzene rings is 1. The first-order chi connectivity index (χ1) is 9.88. The fourth-order valence-corrected chi connectivity index (χ4v) is 1.97. The Morgan fingerprint density at radius 2 is 2.14 bits per heavy atom. The number of hydrogen-bond acceptors (Lipinski definition) is 6.